The molecule has 0 saturated heterocycles. The average molecular weight is 540 g/mol. The van der Waals surface area contributed by atoms with Crippen LogP contribution in [-0.2, 0) is 6.42 Å². The molecule has 4 nitrogen and oxygen atoms in total. The molecule has 4 aromatic rings. The number of hydrogen-bond donors (Lipinski definition) is 0. The Labute approximate surface area is 211 Å². The van der Waals surface area contributed by atoms with Gasteiger partial charge >= 0.3 is 5.97 Å². The molecule has 34 heavy (non-hydrogen) atoms. The van der Waals surface area contributed by atoms with E-state index in [9.17, 15) is 9.59 Å². The van der Waals surface area contributed by atoms with Gasteiger partial charge in [0, 0.05) is 15.6 Å². The monoisotopic (exact) mass is 538 g/mol. The molecule has 0 N–H and O–H groups in total. The third-order valence-corrected chi connectivity index (χ3v) is 6.47. The van der Waals surface area contributed by atoms with Crippen LogP contribution < -0.4 is 10.2 Å². The Morgan fingerprint density at radius 2 is 1.74 bits per heavy atom. The zero-order valence-corrected chi connectivity index (χ0v) is 21.1. The SMILES string of the molecule is CCCCCCc1cc2c(=O)c(-c3ccc(Cl)cc3)coc2cc1OC(=O)c1ccc(Br)cc1. The Morgan fingerprint density at radius 3 is 2.44 bits per heavy atom. The number of halogens is 2. The Bertz CT molecular complexity index is 1360. The Hall–Kier alpha value is -2.89. The molecule has 3 aromatic carbocycles. The summed E-state index contributed by atoms with van der Waals surface area (Å²) in [5.41, 5.74) is 2.69. The van der Waals surface area contributed by atoms with Crippen LogP contribution in [0.1, 0.15) is 48.5 Å². The van der Waals surface area contributed by atoms with E-state index in [2.05, 4.69) is 22.9 Å². The number of carbonyl (C=O) groups is 1. The topological polar surface area (TPSA) is 56.5 Å². The fourth-order valence-corrected chi connectivity index (χ4v) is 4.20. The van der Waals surface area contributed by atoms with E-state index in [1.807, 2.05) is 0 Å². The lowest BCUT2D eigenvalue weighted by molar-refractivity contribution is 0.0733. The van der Waals surface area contributed by atoms with E-state index in [0.717, 1.165) is 41.3 Å². The predicted molar refractivity (Wildman–Crippen MR) is 140 cm³/mol. The maximum atomic E-state index is 13.3. The van der Waals surface area contributed by atoms with Crippen molar-refractivity contribution in [3.63, 3.8) is 0 Å². The van der Waals surface area contributed by atoms with Crippen LogP contribution >= 0.6 is 27.5 Å². The molecule has 0 saturated carbocycles. The third-order valence-electron chi connectivity index (χ3n) is 5.69. The van der Waals surface area contributed by atoms with Crippen molar-refractivity contribution in [3.05, 3.63) is 97.8 Å². The summed E-state index contributed by atoms with van der Waals surface area (Å²) in [6, 6.07) is 17.5. The van der Waals surface area contributed by atoms with Gasteiger partial charge < -0.3 is 9.15 Å². The minimum atomic E-state index is -0.457. The molecule has 174 valence electrons. The lowest BCUT2D eigenvalue weighted by Crippen LogP contribution is -2.11. The number of benzene rings is 3. The summed E-state index contributed by atoms with van der Waals surface area (Å²) in [6.45, 7) is 2.16. The summed E-state index contributed by atoms with van der Waals surface area (Å²) >= 11 is 9.36. The summed E-state index contributed by atoms with van der Waals surface area (Å²) in [5, 5.41) is 1.06. The number of fused-ring (bicyclic) bond motifs is 1. The number of ether oxygens (including phenoxy) is 1. The molecular formula is C28H24BrClO4. The standard InChI is InChI=1S/C28H24BrClO4/c1-2-3-4-5-6-20-15-23-26(16-25(20)34-28(32)19-7-11-21(29)12-8-19)33-17-24(27(23)31)18-9-13-22(30)14-10-18/h7-17H,2-6H2,1H3. The zero-order chi connectivity index (χ0) is 24.1. The van der Waals surface area contributed by atoms with Crippen molar-refractivity contribution in [3.8, 4) is 16.9 Å². The Balaban J connectivity index is 1.73. The van der Waals surface area contributed by atoms with Crippen molar-refractivity contribution in [1.29, 1.82) is 0 Å². The van der Waals surface area contributed by atoms with Gasteiger partial charge in [-0.1, -0.05) is 65.8 Å². The summed E-state index contributed by atoms with van der Waals surface area (Å²) in [6.07, 6.45) is 6.39. The maximum Gasteiger partial charge on any atom is 0.343 e. The van der Waals surface area contributed by atoms with Crippen LogP contribution in [0.2, 0.25) is 5.02 Å². The molecule has 0 amide bonds. The second-order valence-corrected chi connectivity index (χ2v) is 9.50. The lowest BCUT2D eigenvalue weighted by Gasteiger charge is -2.12. The normalized spacial score (nSPS) is 11.0. The van der Waals surface area contributed by atoms with Gasteiger partial charge in [-0.15, -0.1) is 0 Å². The number of esters is 1. The molecule has 0 unspecified atom stereocenters. The van der Waals surface area contributed by atoms with E-state index >= 15 is 0 Å². The minimum Gasteiger partial charge on any atom is -0.463 e. The van der Waals surface area contributed by atoms with E-state index in [0.29, 0.717) is 39.3 Å². The fraction of sp³-hybridized carbons (Fsp3) is 0.214. The van der Waals surface area contributed by atoms with Gasteiger partial charge in [-0.05, 0) is 66.4 Å². The van der Waals surface area contributed by atoms with Crippen LogP contribution in [0.3, 0.4) is 0 Å². The van der Waals surface area contributed by atoms with Crippen molar-refractivity contribution in [1.82, 2.24) is 0 Å². The van der Waals surface area contributed by atoms with Gasteiger partial charge in [-0.25, -0.2) is 4.79 Å². The van der Waals surface area contributed by atoms with Gasteiger partial charge in [-0.2, -0.15) is 0 Å². The first-order valence-electron chi connectivity index (χ1n) is 11.3. The molecule has 0 aliphatic rings. The molecule has 0 bridgehead atoms. The predicted octanol–water partition coefficient (Wildman–Crippen LogP) is 8.22. The molecule has 0 aliphatic carbocycles. The van der Waals surface area contributed by atoms with E-state index < -0.39 is 5.97 Å². The summed E-state index contributed by atoms with van der Waals surface area (Å²) in [5.74, 6) is -0.0406. The van der Waals surface area contributed by atoms with Crippen LogP contribution in [0, 0.1) is 0 Å². The average Bonchev–Trinajstić information content (AvgIpc) is 2.83. The van der Waals surface area contributed by atoms with E-state index in [4.69, 9.17) is 20.8 Å². The number of aryl methyl sites for hydroxylation is 1. The molecule has 0 atom stereocenters. The molecule has 0 radical (unpaired) electrons. The highest BCUT2D eigenvalue weighted by atomic mass is 79.9. The number of unbranched alkanes of at least 4 members (excludes halogenated alkanes) is 3. The molecule has 4 rings (SSSR count). The maximum absolute atomic E-state index is 13.3. The first kappa shape index (κ1) is 24.2. The van der Waals surface area contributed by atoms with E-state index in [1.54, 1.807) is 60.7 Å². The molecule has 0 fully saturated rings. The Morgan fingerprint density at radius 1 is 1.00 bits per heavy atom. The number of hydrogen-bond acceptors (Lipinski definition) is 4. The molecular weight excluding hydrogens is 516 g/mol. The molecule has 1 aromatic heterocycles. The van der Waals surface area contributed by atoms with Gasteiger partial charge in [0.15, 0.2) is 0 Å². The number of carbonyl (C=O) groups excluding carboxylic acids is 1. The smallest absolute Gasteiger partial charge is 0.343 e. The van der Waals surface area contributed by atoms with Gasteiger partial charge in [-0.3, -0.25) is 4.79 Å². The summed E-state index contributed by atoms with van der Waals surface area (Å²) in [7, 11) is 0. The Kier molecular flexibility index (Phi) is 7.86. The van der Waals surface area contributed by atoms with Crippen LogP contribution in [0.25, 0.3) is 22.1 Å². The second kappa shape index (κ2) is 11.0. The lowest BCUT2D eigenvalue weighted by atomic mass is 10.0. The first-order chi connectivity index (χ1) is 16.5. The third kappa shape index (κ3) is 5.60. The molecule has 0 spiro atoms. The van der Waals surface area contributed by atoms with Crippen LogP contribution in [0.4, 0.5) is 0 Å². The first-order valence-corrected chi connectivity index (χ1v) is 12.5. The summed E-state index contributed by atoms with van der Waals surface area (Å²) < 4.78 is 12.5. The zero-order valence-electron chi connectivity index (χ0n) is 18.8. The van der Waals surface area contributed by atoms with E-state index in [1.165, 1.54) is 6.26 Å². The highest BCUT2D eigenvalue weighted by Crippen LogP contribution is 2.29. The molecule has 6 heteroatoms. The van der Waals surface area contributed by atoms with Crippen LogP contribution in [0.15, 0.2) is 80.6 Å². The minimum absolute atomic E-state index is 0.135. The van der Waals surface area contributed by atoms with Gasteiger partial charge in [0.25, 0.3) is 0 Å². The second-order valence-electron chi connectivity index (χ2n) is 8.15. The largest absolute Gasteiger partial charge is 0.463 e. The highest BCUT2D eigenvalue weighted by molar-refractivity contribution is 9.10. The molecule has 0 aliphatic heterocycles. The van der Waals surface area contributed by atoms with Crippen LogP contribution in [-0.4, -0.2) is 5.97 Å². The van der Waals surface area contributed by atoms with Crippen molar-refractivity contribution in [2.75, 3.05) is 0 Å². The van der Waals surface area contributed by atoms with Crippen LogP contribution in [0.5, 0.6) is 5.75 Å². The summed E-state index contributed by atoms with van der Waals surface area (Å²) in [4.78, 5) is 26.1. The fourth-order valence-electron chi connectivity index (χ4n) is 3.81. The van der Waals surface area contributed by atoms with E-state index in [-0.39, 0.29) is 5.43 Å². The van der Waals surface area contributed by atoms with Crippen molar-refractivity contribution in [2.24, 2.45) is 0 Å². The van der Waals surface area contributed by atoms with Crippen molar-refractivity contribution < 1.29 is 13.9 Å². The van der Waals surface area contributed by atoms with Gasteiger partial charge in [0.05, 0.1) is 16.5 Å². The van der Waals surface area contributed by atoms with Gasteiger partial charge in [0.1, 0.15) is 17.6 Å². The number of rotatable bonds is 8. The van der Waals surface area contributed by atoms with Crippen molar-refractivity contribution >= 4 is 44.5 Å². The highest BCUT2D eigenvalue weighted by Gasteiger charge is 2.17. The molecule has 1 heterocycles. The van der Waals surface area contributed by atoms with Gasteiger partial charge in [0.2, 0.25) is 5.43 Å². The quantitative estimate of drug-likeness (QED) is 0.129. The van der Waals surface area contributed by atoms with Crippen molar-refractivity contribution in [2.45, 2.75) is 39.0 Å².